The Morgan fingerprint density at radius 3 is 2.39 bits per heavy atom. The lowest BCUT2D eigenvalue weighted by molar-refractivity contribution is -0.132. The van der Waals surface area contributed by atoms with Crippen LogP contribution in [0.5, 0.6) is 0 Å². The summed E-state index contributed by atoms with van der Waals surface area (Å²) in [5.74, 6) is 1.58. The van der Waals surface area contributed by atoms with Crippen LogP contribution in [0.2, 0.25) is 0 Å². The van der Waals surface area contributed by atoms with Gasteiger partial charge in [0.05, 0.1) is 24.7 Å². The number of fused-ring (bicyclic) bond motifs is 1. The number of aryl methyl sites for hydroxylation is 2. The van der Waals surface area contributed by atoms with Crippen LogP contribution in [0, 0.1) is 25.7 Å². The Morgan fingerprint density at radius 2 is 1.71 bits per heavy atom. The van der Waals surface area contributed by atoms with Crippen molar-refractivity contribution in [3.05, 3.63) is 88.6 Å². The summed E-state index contributed by atoms with van der Waals surface area (Å²) in [5.41, 5.74) is 1.99. The normalized spacial score (nSPS) is 20.9. The van der Waals surface area contributed by atoms with Gasteiger partial charge in [-0.2, -0.15) is 0 Å². The van der Waals surface area contributed by atoms with Crippen LogP contribution in [0.3, 0.4) is 0 Å². The highest BCUT2D eigenvalue weighted by Crippen LogP contribution is 2.39. The van der Waals surface area contributed by atoms with Crippen LogP contribution in [0.15, 0.2) is 59.0 Å². The number of nitrogens with one attached hydrogen (secondary N) is 2. The molecule has 3 aromatic rings. The summed E-state index contributed by atoms with van der Waals surface area (Å²) in [6, 6.07) is 15.4. The summed E-state index contributed by atoms with van der Waals surface area (Å²) in [6.07, 6.45) is 4.91. The first-order valence-electron chi connectivity index (χ1n) is 17.6. The molecule has 2 fully saturated rings. The first-order valence-corrected chi connectivity index (χ1v) is 17.6. The number of rotatable bonds is 11. The molecule has 264 valence electrons. The fourth-order valence-electron chi connectivity index (χ4n) is 7.43. The number of aliphatic hydroxyl groups is 1. The van der Waals surface area contributed by atoms with Crippen molar-refractivity contribution in [1.29, 1.82) is 0 Å². The molecule has 0 radical (unpaired) electrons. The maximum Gasteiger partial charge on any atom is 0.253 e. The van der Waals surface area contributed by atoms with Crippen molar-refractivity contribution < 1.29 is 23.9 Å². The van der Waals surface area contributed by atoms with E-state index < -0.39 is 12.1 Å². The number of benzene rings is 2. The molecule has 5 rings (SSSR count). The number of hydrogen-bond donors (Lipinski definition) is 3. The number of β-amino-alcohol motifs (C(OH)–C–C–N with tert-alkyl or cyclic N) is 1. The van der Waals surface area contributed by atoms with E-state index in [-0.39, 0.29) is 42.4 Å². The van der Waals surface area contributed by atoms with Crippen molar-refractivity contribution in [1.82, 2.24) is 25.4 Å². The molecule has 1 aliphatic heterocycles. The minimum atomic E-state index is -0.945. The molecule has 10 heteroatoms. The molecule has 1 unspecified atom stereocenters. The standard InChI is InChI=1S/C39H53N5O5/c1-25-33(40-26(2)49-25)23-43(6)38(48)30-18-12-17-29(20-30)36(46)41-32(19-27-13-8-7-9-14-27)35(45)24-44-22-31-16-11-10-15-28(31)21-34(44)37(47)42-39(3,4)5/h7-9,12-14,17-18,20,28,31-32,34-35,45H,10-11,15-16,19,21-24H2,1-6H3,(H,41,46)(H,42,47)/t28-,31+,32-,34?,35+/m0/s1. The fourth-order valence-corrected chi connectivity index (χ4v) is 7.43. The molecular formula is C39H53N5O5. The third kappa shape index (κ3) is 9.57. The Labute approximate surface area is 290 Å². The number of amides is 3. The zero-order valence-corrected chi connectivity index (χ0v) is 29.9. The molecule has 5 atom stereocenters. The predicted molar refractivity (Wildman–Crippen MR) is 189 cm³/mol. The summed E-state index contributed by atoms with van der Waals surface area (Å²) in [4.78, 5) is 48.8. The van der Waals surface area contributed by atoms with Crippen LogP contribution in [0.1, 0.15) is 96.5 Å². The Balaban J connectivity index is 1.33. The summed E-state index contributed by atoms with van der Waals surface area (Å²) in [7, 11) is 1.69. The lowest BCUT2D eigenvalue weighted by Gasteiger charge is -2.47. The highest BCUT2D eigenvalue weighted by Gasteiger charge is 2.41. The molecule has 1 saturated heterocycles. The second-order valence-corrected chi connectivity index (χ2v) is 15.1. The minimum absolute atomic E-state index is 0.00679. The monoisotopic (exact) mass is 671 g/mol. The van der Waals surface area contributed by atoms with Crippen molar-refractivity contribution in [2.75, 3.05) is 20.1 Å². The second-order valence-electron chi connectivity index (χ2n) is 15.1. The van der Waals surface area contributed by atoms with Gasteiger partial charge in [0, 0.05) is 43.7 Å². The molecule has 1 aliphatic carbocycles. The lowest BCUT2D eigenvalue weighted by Crippen LogP contribution is -2.60. The summed E-state index contributed by atoms with van der Waals surface area (Å²) < 4.78 is 5.51. The average Bonchev–Trinajstić information content (AvgIpc) is 3.38. The second kappa shape index (κ2) is 15.7. The van der Waals surface area contributed by atoms with Crippen LogP contribution in [-0.2, 0) is 17.8 Å². The third-order valence-electron chi connectivity index (χ3n) is 9.91. The Kier molecular flexibility index (Phi) is 11.6. The van der Waals surface area contributed by atoms with E-state index in [1.807, 2.05) is 58.0 Å². The summed E-state index contributed by atoms with van der Waals surface area (Å²) >= 11 is 0. The van der Waals surface area contributed by atoms with Crippen LogP contribution in [-0.4, -0.2) is 81.5 Å². The van der Waals surface area contributed by atoms with Crippen LogP contribution in [0.4, 0.5) is 0 Å². The zero-order valence-electron chi connectivity index (χ0n) is 29.9. The number of carbonyl (C=O) groups excluding carboxylic acids is 3. The number of nitrogens with zero attached hydrogens (tertiary/aromatic N) is 3. The highest BCUT2D eigenvalue weighted by molar-refractivity contribution is 5.99. The first-order chi connectivity index (χ1) is 23.3. The Morgan fingerprint density at radius 1 is 1.02 bits per heavy atom. The van der Waals surface area contributed by atoms with Crippen molar-refractivity contribution in [3.8, 4) is 0 Å². The highest BCUT2D eigenvalue weighted by atomic mass is 16.4. The number of likely N-dealkylation sites (tertiary alicyclic amines) is 1. The lowest BCUT2D eigenvalue weighted by atomic mass is 9.72. The van der Waals surface area contributed by atoms with Crippen LogP contribution >= 0.6 is 0 Å². The van der Waals surface area contributed by atoms with E-state index >= 15 is 0 Å². The number of piperidine rings is 1. The molecule has 2 aromatic carbocycles. The number of aliphatic hydroxyl groups excluding tert-OH is 1. The average molecular weight is 672 g/mol. The maximum absolute atomic E-state index is 13.8. The molecule has 0 bridgehead atoms. The van der Waals surface area contributed by atoms with E-state index in [9.17, 15) is 19.5 Å². The van der Waals surface area contributed by atoms with Gasteiger partial charge in [0.2, 0.25) is 5.91 Å². The molecule has 10 nitrogen and oxygen atoms in total. The van der Waals surface area contributed by atoms with Gasteiger partial charge in [0.25, 0.3) is 11.8 Å². The van der Waals surface area contributed by atoms with E-state index in [2.05, 4.69) is 20.5 Å². The fraction of sp³-hybridized carbons (Fsp3) is 0.538. The Hall–Kier alpha value is -4.02. The SMILES string of the molecule is Cc1nc(CN(C)C(=O)c2cccc(C(=O)N[C@@H](Cc3ccccc3)[C@H](O)CN3C[C@H]4CCCC[C@H]4CC3C(=O)NC(C)(C)C)c2)c(C)o1. The summed E-state index contributed by atoms with van der Waals surface area (Å²) in [5, 5.41) is 18.1. The molecule has 49 heavy (non-hydrogen) atoms. The first kappa shape index (κ1) is 36.3. The smallest absolute Gasteiger partial charge is 0.253 e. The van der Waals surface area contributed by atoms with Gasteiger partial charge in [-0.25, -0.2) is 4.98 Å². The number of hydrogen-bond acceptors (Lipinski definition) is 7. The van der Waals surface area contributed by atoms with Crippen molar-refractivity contribution in [2.24, 2.45) is 11.8 Å². The van der Waals surface area contributed by atoms with Crippen molar-refractivity contribution in [3.63, 3.8) is 0 Å². The summed E-state index contributed by atoms with van der Waals surface area (Å²) in [6.45, 7) is 10.8. The molecule has 3 N–H and O–H groups in total. The molecule has 3 amide bonds. The van der Waals surface area contributed by atoms with Crippen LogP contribution in [0.25, 0.3) is 0 Å². The van der Waals surface area contributed by atoms with Crippen LogP contribution < -0.4 is 10.6 Å². The van der Waals surface area contributed by atoms with E-state index in [0.29, 0.717) is 46.7 Å². The van der Waals surface area contributed by atoms with E-state index in [4.69, 9.17) is 4.42 Å². The third-order valence-corrected chi connectivity index (χ3v) is 9.91. The van der Waals surface area contributed by atoms with Crippen molar-refractivity contribution >= 4 is 17.7 Å². The number of carbonyl (C=O) groups is 3. The maximum atomic E-state index is 13.8. The Bertz CT molecular complexity index is 1600. The molecule has 1 aromatic heterocycles. The zero-order chi connectivity index (χ0) is 35.3. The molecule has 2 aliphatic rings. The van der Waals surface area contributed by atoms with Gasteiger partial charge < -0.3 is 25.1 Å². The molecular weight excluding hydrogens is 618 g/mol. The van der Waals surface area contributed by atoms with Gasteiger partial charge in [-0.1, -0.05) is 55.7 Å². The topological polar surface area (TPSA) is 128 Å². The number of oxazole rings is 1. The quantitative estimate of drug-likeness (QED) is 0.260. The number of aromatic nitrogens is 1. The largest absolute Gasteiger partial charge is 0.446 e. The van der Waals surface area contributed by atoms with Gasteiger partial charge in [-0.15, -0.1) is 0 Å². The molecule has 2 heterocycles. The molecule has 1 saturated carbocycles. The van der Waals surface area contributed by atoms with Gasteiger partial charge in [0.15, 0.2) is 5.89 Å². The van der Waals surface area contributed by atoms with Crippen molar-refractivity contribution in [2.45, 2.75) is 103 Å². The van der Waals surface area contributed by atoms with E-state index in [1.165, 1.54) is 12.8 Å². The predicted octanol–water partition coefficient (Wildman–Crippen LogP) is 5.06. The van der Waals surface area contributed by atoms with Gasteiger partial charge in [0.1, 0.15) is 11.5 Å². The van der Waals surface area contributed by atoms with Gasteiger partial charge in [-0.3, -0.25) is 19.3 Å². The molecule has 0 spiro atoms. The van der Waals surface area contributed by atoms with E-state index in [0.717, 1.165) is 31.4 Å². The van der Waals surface area contributed by atoms with Gasteiger partial charge >= 0.3 is 0 Å². The van der Waals surface area contributed by atoms with Gasteiger partial charge in [-0.05, 0) is 82.6 Å². The minimum Gasteiger partial charge on any atom is -0.446 e. The van der Waals surface area contributed by atoms with E-state index in [1.54, 1.807) is 43.1 Å².